The van der Waals surface area contributed by atoms with Crippen LogP contribution in [0.25, 0.3) is 0 Å². The maximum absolute atomic E-state index is 12.7. The summed E-state index contributed by atoms with van der Waals surface area (Å²) in [5.41, 5.74) is 2.56. The van der Waals surface area contributed by atoms with Gasteiger partial charge >= 0.3 is 6.09 Å². The Hall–Kier alpha value is -3.12. The summed E-state index contributed by atoms with van der Waals surface area (Å²) >= 11 is 0. The Balaban J connectivity index is 1.69. The minimum Gasteiger partial charge on any atom is -0.445 e. The van der Waals surface area contributed by atoms with Gasteiger partial charge in [0.2, 0.25) is 0 Å². The minimum absolute atomic E-state index is 0.123. The van der Waals surface area contributed by atoms with Crippen molar-refractivity contribution < 1.29 is 14.6 Å². The molecule has 0 fully saturated rings. The predicted octanol–water partition coefficient (Wildman–Crippen LogP) is 3.78. The lowest BCUT2D eigenvalue weighted by Gasteiger charge is -2.24. The van der Waals surface area contributed by atoms with Crippen molar-refractivity contribution in [3.8, 4) is 0 Å². The van der Waals surface area contributed by atoms with E-state index in [1.807, 2.05) is 67.6 Å². The molecule has 28 heavy (non-hydrogen) atoms. The Kier molecular flexibility index (Phi) is 6.81. The molecule has 1 amide bonds. The summed E-state index contributed by atoms with van der Waals surface area (Å²) in [6, 6.07) is 19.2. The number of rotatable bonds is 8. The van der Waals surface area contributed by atoms with Crippen molar-refractivity contribution in [3.63, 3.8) is 0 Å². The number of amides is 1. The summed E-state index contributed by atoms with van der Waals surface area (Å²) in [6.45, 7) is 3.37. The van der Waals surface area contributed by atoms with E-state index in [-0.39, 0.29) is 13.2 Å². The molecule has 1 unspecified atom stereocenters. The molecule has 2 aromatic carbocycles. The fourth-order valence-electron chi connectivity index (χ4n) is 2.86. The highest BCUT2D eigenvalue weighted by atomic mass is 16.6. The van der Waals surface area contributed by atoms with Crippen LogP contribution < -0.4 is 0 Å². The standard InChI is InChI=1S/C22H25N3O3/c1-2-25-15-20(13-23-25)21(26)16-24(14-18-9-5-3-6-10-18)22(27)28-17-19-11-7-4-8-12-19/h3-13,15,21,26H,2,14,16-17H2,1H3. The number of aliphatic hydroxyl groups excluding tert-OH is 1. The number of aromatic nitrogens is 2. The molecule has 0 saturated carbocycles. The van der Waals surface area contributed by atoms with Gasteiger partial charge < -0.3 is 14.7 Å². The predicted molar refractivity (Wildman–Crippen MR) is 106 cm³/mol. The first kappa shape index (κ1) is 19.6. The summed E-state index contributed by atoms with van der Waals surface area (Å²) in [5, 5.41) is 14.8. The number of aryl methyl sites for hydroxylation is 1. The molecule has 6 heteroatoms. The zero-order chi connectivity index (χ0) is 19.8. The number of carbonyl (C=O) groups is 1. The first-order valence-corrected chi connectivity index (χ1v) is 9.35. The van der Waals surface area contributed by atoms with Crippen molar-refractivity contribution in [2.45, 2.75) is 32.7 Å². The largest absolute Gasteiger partial charge is 0.445 e. The second-order valence-electron chi connectivity index (χ2n) is 6.55. The zero-order valence-electron chi connectivity index (χ0n) is 15.9. The molecule has 3 rings (SSSR count). The lowest BCUT2D eigenvalue weighted by molar-refractivity contribution is 0.0656. The van der Waals surface area contributed by atoms with Crippen LogP contribution in [0, 0.1) is 0 Å². The van der Waals surface area contributed by atoms with E-state index in [1.165, 1.54) is 4.90 Å². The number of aliphatic hydroxyl groups is 1. The van der Waals surface area contributed by atoms with Crippen molar-refractivity contribution in [2.24, 2.45) is 0 Å². The van der Waals surface area contributed by atoms with Crippen LogP contribution in [0.15, 0.2) is 73.1 Å². The molecule has 0 aliphatic heterocycles. The van der Waals surface area contributed by atoms with E-state index in [0.29, 0.717) is 12.1 Å². The third-order valence-corrected chi connectivity index (χ3v) is 4.43. The van der Waals surface area contributed by atoms with Crippen LogP contribution in [0.3, 0.4) is 0 Å². The van der Waals surface area contributed by atoms with Crippen LogP contribution in [0.2, 0.25) is 0 Å². The Bertz CT molecular complexity index is 865. The molecule has 0 bridgehead atoms. The van der Waals surface area contributed by atoms with Crippen LogP contribution in [0.5, 0.6) is 0 Å². The highest BCUT2D eigenvalue weighted by molar-refractivity contribution is 5.67. The molecule has 1 aromatic heterocycles. The smallest absolute Gasteiger partial charge is 0.410 e. The fourth-order valence-corrected chi connectivity index (χ4v) is 2.86. The SMILES string of the molecule is CCn1cc(C(O)CN(Cc2ccccc2)C(=O)OCc2ccccc2)cn1. The number of nitrogens with zero attached hydrogens (tertiary/aromatic N) is 3. The van der Waals surface area contributed by atoms with Crippen LogP contribution in [0.1, 0.15) is 29.7 Å². The van der Waals surface area contributed by atoms with Crippen LogP contribution >= 0.6 is 0 Å². The molecule has 3 aromatic rings. The molecule has 0 saturated heterocycles. The van der Waals surface area contributed by atoms with Gasteiger partial charge in [0.25, 0.3) is 0 Å². The summed E-state index contributed by atoms with van der Waals surface area (Å²) in [5.74, 6) is 0. The van der Waals surface area contributed by atoms with Gasteiger partial charge in [-0.05, 0) is 18.1 Å². The van der Waals surface area contributed by atoms with Crippen LogP contribution in [-0.4, -0.2) is 32.4 Å². The molecule has 0 spiro atoms. The Labute approximate surface area is 165 Å². The lowest BCUT2D eigenvalue weighted by atomic mass is 10.1. The van der Waals surface area contributed by atoms with Gasteiger partial charge in [-0.3, -0.25) is 4.68 Å². The lowest BCUT2D eigenvalue weighted by Crippen LogP contribution is -2.34. The van der Waals surface area contributed by atoms with Gasteiger partial charge in [0.05, 0.1) is 18.8 Å². The summed E-state index contributed by atoms with van der Waals surface area (Å²) in [4.78, 5) is 14.2. The third kappa shape index (κ3) is 5.44. The number of hydrogen-bond acceptors (Lipinski definition) is 4. The number of hydrogen-bond donors (Lipinski definition) is 1. The van der Waals surface area contributed by atoms with Gasteiger partial charge in [0.15, 0.2) is 0 Å². The van der Waals surface area contributed by atoms with Gasteiger partial charge in [-0.15, -0.1) is 0 Å². The number of ether oxygens (including phenoxy) is 1. The molecule has 146 valence electrons. The summed E-state index contributed by atoms with van der Waals surface area (Å²) in [7, 11) is 0. The topological polar surface area (TPSA) is 67.6 Å². The number of carbonyl (C=O) groups excluding carboxylic acids is 1. The normalized spacial score (nSPS) is 11.8. The minimum atomic E-state index is -0.840. The van der Waals surface area contributed by atoms with Gasteiger partial charge in [0, 0.05) is 24.8 Å². The Morgan fingerprint density at radius 2 is 1.75 bits per heavy atom. The maximum atomic E-state index is 12.7. The van der Waals surface area contributed by atoms with Gasteiger partial charge in [-0.2, -0.15) is 5.10 Å². The van der Waals surface area contributed by atoms with Crippen molar-refractivity contribution in [2.75, 3.05) is 6.54 Å². The van der Waals surface area contributed by atoms with E-state index >= 15 is 0 Å². The van der Waals surface area contributed by atoms with Crippen molar-refractivity contribution in [1.29, 1.82) is 0 Å². The maximum Gasteiger partial charge on any atom is 0.410 e. The van der Waals surface area contributed by atoms with Gasteiger partial charge in [-0.25, -0.2) is 4.79 Å². The molecule has 6 nitrogen and oxygen atoms in total. The van der Waals surface area contributed by atoms with Crippen molar-refractivity contribution in [3.05, 3.63) is 89.7 Å². The fraction of sp³-hybridized carbons (Fsp3) is 0.273. The van der Waals surface area contributed by atoms with Gasteiger partial charge in [-0.1, -0.05) is 60.7 Å². The third-order valence-electron chi connectivity index (χ3n) is 4.43. The summed E-state index contributed by atoms with van der Waals surface area (Å²) < 4.78 is 7.22. The van der Waals surface area contributed by atoms with Crippen molar-refractivity contribution in [1.82, 2.24) is 14.7 Å². The highest BCUT2D eigenvalue weighted by Gasteiger charge is 2.21. The molecule has 1 heterocycles. The van der Waals surface area contributed by atoms with E-state index in [9.17, 15) is 9.90 Å². The van der Waals surface area contributed by atoms with Crippen molar-refractivity contribution >= 4 is 6.09 Å². The highest BCUT2D eigenvalue weighted by Crippen LogP contribution is 2.17. The van der Waals surface area contributed by atoms with Gasteiger partial charge in [0.1, 0.15) is 6.61 Å². The first-order valence-electron chi connectivity index (χ1n) is 9.35. The molecule has 1 atom stereocenters. The van der Waals surface area contributed by atoms with E-state index in [0.717, 1.165) is 17.7 Å². The molecule has 1 N–H and O–H groups in total. The van der Waals surface area contributed by atoms with Crippen LogP contribution in [-0.2, 0) is 24.4 Å². The average molecular weight is 379 g/mol. The van der Waals surface area contributed by atoms with E-state index in [1.54, 1.807) is 17.1 Å². The molecular weight excluding hydrogens is 354 g/mol. The second kappa shape index (κ2) is 9.71. The van der Waals surface area contributed by atoms with E-state index in [4.69, 9.17) is 4.74 Å². The Morgan fingerprint density at radius 3 is 2.36 bits per heavy atom. The van der Waals surface area contributed by atoms with Crippen LogP contribution in [0.4, 0.5) is 4.79 Å². The molecular formula is C22H25N3O3. The quantitative estimate of drug-likeness (QED) is 0.647. The molecule has 0 aliphatic carbocycles. The Morgan fingerprint density at radius 1 is 1.11 bits per heavy atom. The monoisotopic (exact) mass is 379 g/mol. The van der Waals surface area contributed by atoms with E-state index < -0.39 is 12.2 Å². The second-order valence-corrected chi connectivity index (χ2v) is 6.55. The first-order chi connectivity index (χ1) is 13.7. The number of benzene rings is 2. The molecule has 0 aliphatic rings. The van der Waals surface area contributed by atoms with E-state index in [2.05, 4.69) is 5.10 Å². The molecule has 0 radical (unpaired) electrons. The average Bonchev–Trinajstić information content (AvgIpc) is 3.22. The zero-order valence-corrected chi connectivity index (χ0v) is 15.9. The summed E-state index contributed by atoms with van der Waals surface area (Å²) in [6.07, 6.45) is 2.12.